The highest BCUT2D eigenvalue weighted by Crippen LogP contribution is 2.38. The molecule has 0 unspecified atom stereocenters. The fourth-order valence-electron chi connectivity index (χ4n) is 3.36. The van der Waals surface area contributed by atoms with Gasteiger partial charge in [0.1, 0.15) is 0 Å². The smallest absolute Gasteiger partial charge is 0.319 e. The van der Waals surface area contributed by atoms with Gasteiger partial charge in [-0.05, 0) is 36.2 Å². The molecule has 8 nitrogen and oxygen atoms in total. The number of carbonyl (C=O) groups excluding carboxylic acids is 3. The predicted octanol–water partition coefficient (Wildman–Crippen LogP) is 3.12. The van der Waals surface area contributed by atoms with E-state index in [0.717, 1.165) is 17.7 Å². The zero-order valence-electron chi connectivity index (χ0n) is 15.5. The van der Waals surface area contributed by atoms with Crippen molar-refractivity contribution in [3.8, 4) is 5.75 Å². The lowest BCUT2D eigenvalue weighted by atomic mass is 10.2. The molecule has 2 aliphatic rings. The van der Waals surface area contributed by atoms with Crippen LogP contribution in [0.15, 0.2) is 36.4 Å². The second-order valence-electron chi connectivity index (χ2n) is 6.79. The maximum absolute atomic E-state index is 12.4. The van der Waals surface area contributed by atoms with Gasteiger partial charge in [0.2, 0.25) is 5.91 Å². The van der Waals surface area contributed by atoms with E-state index in [0.29, 0.717) is 35.1 Å². The summed E-state index contributed by atoms with van der Waals surface area (Å²) in [5.74, 6) is 0.191. The third-order valence-corrected chi connectivity index (χ3v) is 4.89. The molecule has 0 spiro atoms. The van der Waals surface area contributed by atoms with E-state index in [1.54, 1.807) is 17.0 Å². The van der Waals surface area contributed by atoms with Crippen LogP contribution in [0.5, 0.6) is 5.75 Å². The minimum absolute atomic E-state index is 0.116. The normalized spacial score (nSPS) is 15.4. The van der Waals surface area contributed by atoms with Crippen LogP contribution >= 0.6 is 11.6 Å². The van der Waals surface area contributed by atoms with Crippen molar-refractivity contribution in [1.82, 2.24) is 5.32 Å². The lowest BCUT2D eigenvalue weighted by molar-refractivity contribution is -0.118. The maximum Gasteiger partial charge on any atom is 0.319 e. The van der Waals surface area contributed by atoms with Gasteiger partial charge < -0.3 is 25.6 Å². The summed E-state index contributed by atoms with van der Waals surface area (Å²) in [5.41, 5.74) is 2.47. The van der Waals surface area contributed by atoms with E-state index < -0.39 is 6.03 Å². The zero-order chi connectivity index (χ0) is 20.4. The maximum atomic E-state index is 12.4. The SMILES string of the molecule is O=C1COc2c(cc(Cl)cc2NC(=O)NCc2cccc(N3CCCC3=O)c2)N1. The van der Waals surface area contributed by atoms with Crippen molar-refractivity contribution in [2.45, 2.75) is 19.4 Å². The number of carbonyl (C=O) groups is 3. The molecule has 0 atom stereocenters. The van der Waals surface area contributed by atoms with Crippen LogP contribution in [0.1, 0.15) is 18.4 Å². The van der Waals surface area contributed by atoms with Crippen LogP contribution in [0.3, 0.4) is 0 Å². The molecule has 1 fully saturated rings. The first-order chi connectivity index (χ1) is 14.0. The van der Waals surface area contributed by atoms with E-state index in [-0.39, 0.29) is 25.0 Å². The van der Waals surface area contributed by atoms with Gasteiger partial charge in [-0.25, -0.2) is 4.79 Å². The summed E-state index contributed by atoms with van der Waals surface area (Å²) in [5, 5.41) is 8.48. The molecule has 9 heteroatoms. The van der Waals surface area contributed by atoms with E-state index in [9.17, 15) is 14.4 Å². The Morgan fingerprint density at radius 3 is 2.90 bits per heavy atom. The van der Waals surface area contributed by atoms with Crippen molar-refractivity contribution in [3.63, 3.8) is 0 Å². The number of nitrogens with zero attached hydrogens (tertiary/aromatic N) is 1. The predicted molar refractivity (Wildman–Crippen MR) is 109 cm³/mol. The van der Waals surface area contributed by atoms with E-state index in [1.165, 1.54) is 0 Å². The molecule has 0 saturated carbocycles. The van der Waals surface area contributed by atoms with Crippen LogP contribution in [0.2, 0.25) is 5.02 Å². The molecule has 2 aromatic carbocycles. The van der Waals surface area contributed by atoms with Gasteiger partial charge in [0.15, 0.2) is 12.4 Å². The third kappa shape index (κ3) is 4.27. The first-order valence-electron chi connectivity index (χ1n) is 9.20. The highest BCUT2D eigenvalue weighted by atomic mass is 35.5. The fraction of sp³-hybridized carbons (Fsp3) is 0.250. The Labute approximate surface area is 172 Å². The van der Waals surface area contributed by atoms with E-state index in [4.69, 9.17) is 16.3 Å². The number of fused-ring (bicyclic) bond motifs is 1. The molecule has 4 amide bonds. The first kappa shape index (κ1) is 19.1. The lowest BCUT2D eigenvalue weighted by Crippen LogP contribution is -2.30. The molecule has 2 heterocycles. The van der Waals surface area contributed by atoms with Gasteiger partial charge in [0, 0.05) is 30.2 Å². The quantitative estimate of drug-likeness (QED) is 0.715. The van der Waals surface area contributed by atoms with E-state index in [2.05, 4.69) is 16.0 Å². The van der Waals surface area contributed by atoms with Crippen LogP contribution in [0.4, 0.5) is 21.9 Å². The largest absolute Gasteiger partial charge is 0.479 e. The molecule has 0 bridgehead atoms. The summed E-state index contributed by atoms with van der Waals surface area (Å²) in [4.78, 5) is 37.5. The van der Waals surface area contributed by atoms with Crippen molar-refractivity contribution >= 4 is 46.5 Å². The van der Waals surface area contributed by atoms with Crippen LogP contribution in [-0.4, -0.2) is 31.0 Å². The zero-order valence-corrected chi connectivity index (χ0v) is 16.2. The summed E-state index contributed by atoms with van der Waals surface area (Å²) in [7, 11) is 0. The van der Waals surface area contributed by atoms with Crippen LogP contribution in [0, 0.1) is 0 Å². The molecule has 29 heavy (non-hydrogen) atoms. The summed E-state index contributed by atoms with van der Waals surface area (Å²) in [6.07, 6.45) is 1.42. The number of hydrogen-bond acceptors (Lipinski definition) is 4. The highest BCUT2D eigenvalue weighted by molar-refractivity contribution is 6.31. The van der Waals surface area contributed by atoms with Crippen LogP contribution < -0.4 is 25.6 Å². The molecule has 3 N–H and O–H groups in total. The van der Waals surface area contributed by atoms with Crippen LogP contribution in [0.25, 0.3) is 0 Å². The number of hydrogen-bond donors (Lipinski definition) is 3. The molecular formula is C20H19ClN4O4. The second kappa shape index (κ2) is 8.00. The topological polar surface area (TPSA) is 99.8 Å². The van der Waals surface area contributed by atoms with Gasteiger partial charge in [0.25, 0.3) is 5.91 Å². The second-order valence-corrected chi connectivity index (χ2v) is 7.23. The minimum Gasteiger partial charge on any atom is -0.479 e. The molecule has 2 aromatic rings. The standard InChI is InChI=1S/C20H19ClN4O4/c21-13-8-15-19(29-11-17(26)23-15)16(9-13)24-20(28)22-10-12-3-1-4-14(7-12)25-6-2-5-18(25)27/h1,3-4,7-9H,2,5-6,10-11H2,(H,23,26)(H2,22,24,28). The van der Waals surface area contributed by atoms with Crippen molar-refractivity contribution < 1.29 is 19.1 Å². The molecule has 4 rings (SSSR count). The summed E-state index contributed by atoms with van der Waals surface area (Å²) in [6.45, 7) is 0.863. The Kier molecular flexibility index (Phi) is 5.26. The Bertz CT molecular complexity index is 994. The Morgan fingerprint density at radius 2 is 2.10 bits per heavy atom. The Morgan fingerprint density at radius 1 is 1.24 bits per heavy atom. The van der Waals surface area contributed by atoms with Crippen molar-refractivity contribution in [2.24, 2.45) is 0 Å². The Balaban J connectivity index is 1.41. The minimum atomic E-state index is -0.447. The number of ether oxygens (including phenoxy) is 1. The monoisotopic (exact) mass is 414 g/mol. The highest BCUT2D eigenvalue weighted by Gasteiger charge is 2.22. The van der Waals surface area contributed by atoms with Crippen molar-refractivity contribution in [3.05, 3.63) is 47.0 Å². The number of rotatable bonds is 4. The average Bonchev–Trinajstić information content (AvgIpc) is 3.12. The molecule has 2 aliphatic heterocycles. The van der Waals surface area contributed by atoms with Gasteiger partial charge in [-0.3, -0.25) is 9.59 Å². The van der Waals surface area contributed by atoms with Gasteiger partial charge in [0.05, 0.1) is 11.4 Å². The van der Waals surface area contributed by atoms with Crippen molar-refractivity contribution in [1.29, 1.82) is 0 Å². The van der Waals surface area contributed by atoms with Gasteiger partial charge in [-0.15, -0.1) is 0 Å². The summed E-state index contributed by atoms with van der Waals surface area (Å²) in [6, 6.07) is 10.2. The molecule has 1 saturated heterocycles. The van der Waals surface area contributed by atoms with E-state index >= 15 is 0 Å². The number of nitrogens with one attached hydrogen (secondary N) is 3. The average molecular weight is 415 g/mol. The number of urea groups is 1. The molecule has 0 aromatic heterocycles. The summed E-state index contributed by atoms with van der Waals surface area (Å²) >= 11 is 6.07. The van der Waals surface area contributed by atoms with Gasteiger partial charge in [-0.2, -0.15) is 0 Å². The number of benzene rings is 2. The number of halogens is 1. The lowest BCUT2D eigenvalue weighted by Gasteiger charge is -2.21. The number of amides is 4. The summed E-state index contributed by atoms with van der Waals surface area (Å²) < 4.78 is 5.42. The van der Waals surface area contributed by atoms with Gasteiger partial charge in [-0.1, -0.05) is 23.7 Å². The molecule has 0 aliphatic carbocycles. The first-order valence-corrected chi connectivity index (χ1v) is 9.58. The fourth-order valence-corrected chi connectivity index (χ4v) is 3.58. The number of anilines is 3. The Hall–Kier alpha value is -3.26. The van der Waals surface area contributed by atoms with Crippen LogP contribution in [-0.2, 0) is 16.1 Å². The molecule has 0 radical (unpaired) electrons. The van der Waals surface area contributed by atoms with Crippen molar-refractivity contribution in [2.75, 3.05) is 28.7 Å². The molecule has 150 valence electrons. The van der Waals surface area contributed by atoms with E-state index in [1.807, 2.05) is 24.3 Å². The third-order valence-electron chi connectivity index (χ3n) is 4.67. The van der Waals surface area contributed by atoms with Gasteiger partial charge >= 0.3 is 6.03 Å². The molecular weight excluding hydrogens is 396 g/mol.